The summed E-state index contributed by atoms with van der Waals surface area (Å²) in [5.74, 6) is -0.121. The lowest BCUT2D eigenvalue weighted by Gasteiger charge is -2.29. The summed E-state index contributed by atoms with van der Waals surface area (Å²) in [4.78, 5) is 0. The second-order valence-electron chi connectivity index (χ2n) is 5.44. The van der Waals surface area contributed by atoms with E-state index in [0.717, 1.165) is 31.2 Å². The zero-order valence-electron chi connectivity index (χ0n) is 10.4. The minimum absolute atomic E-state index is 0.0882. The highest BCUT2D eigenvalue weighted by Gasteiger charge is 2.31. The van der Waals surface area contributed by atoms with Crippen LogP contribution in [0.25, 0.3) is 0 Å². The predicted octanol–water partition coefficient (Wildman–Crippen LogP) is 3.02. The zero-order chi connectivity index (χ0) is 12.5. The highest BCUT2D eigenvalue weighted by atomic mass is 19.1. The van der Waals surface area contributed by atoms with E-state index in [2.05, 4.69) is 12.7 Å². The first-order valence-corrected chi connectivity index (χ1v) is 6.38. The molecule has 1 aromatic rings. The third kappa shape index (κ3) is 2.44. The molecule has 0 saturated heterocycles. The number of quaternary nitrogens is 1. The van der Waals surface area contributed by atoms with E-state index in [-0.39, 0.29) is 22.7 Å². The van der Waals surface area contributed by atoms with Gasteiger partial charge in [0.25, 0.3) is 0 Å². The van der Waals surface area contributed by atoms with Crippen molar-refractivity contribution in [3.05, 3.63) is 23.5 Å². The van der Waals surface area contributed by atoms with Gasteiger partial charge in [-0.25, -0.2) is 4.39 Å². The molecule has 2 rings (SSSR count). The quantitative estimate of drug-likeness (QED) is 0.726. The maximum atomic E-state index is 13.6. The zero-order valence-corrected chi connectivity index (χ0v) is 10.4. The summed E-state index contributed by atoms with van der Waals surface area (Å²) in [6, 6.07) is 2.92. The molecule has 94 valence electrons. The molecule has 1 fully saturated rings. The van der Waals surface area contributed by atoms with Crippen LogP contribution in [-0.4, -0.2) is 5.11 Å². The summed E-state index contributed by atoms with van der Waals surface area (Å²) in [6.07, 6.45) is 6.85. The average molecular weight is 238 g/mol. The lowest BCUT2D eigenvalue weighted by atomic mass is 9.75. The minimum Gasteiger partial charge on any atom is -0.507 e. The molecule has 0 aliphatic heterocycles. The van der Waals surface area contributed by atoms with Crippen LogP contribution in [0.15, 0.2) is 12.1 Å². The van der Waals surface area contributed by atoms with Gasteiger partial charge in [0, 0.05) is 11.6 Å². The Morgan fingerprint density at radius 3 is 2.35 bits per heavy atom. The number of rotatable bonds is 1. The first kappa shape index (κ1) is 12.4. The van der Waals surface area contributed by atoms with Crippen molar-refractivity contribution in [1.29, 1.82) is 0 Å². The number of aromatic hydroxyl groups is 1. The number of hydrogen-bond donors (Lipinski definition) is 2. The predicted molar refractivity (Wildman–Crippen MR) is 65.7 cm³/mol. The van der Waals surface area contributed by atoms with E-state index in [0.29, 0.717) is 0 Å². The van der Waals surface area contributed by atoms with Crippen molar-refractivity contribution in [3.8, 4) is 5.75 Å². The molecule has 2 nitrogen and oxygen atoms in total. The summed E-state index contributed by atoms with van der Waals surface area (Å²) in [5.41, 5.74) is 4.51. The Hall–Kier alpha value is -1.09. The Kier molecular flexibility index (Phi) is 3.38. The van der Waals surface area contributed by atoms with Gasteiger partial charge in [0.05, 0.1) is 0 Å². The molecule has 0 atom stereocenters. The molecule has 0 aromatic heterocycles. The van der Waals surface area contributed by atoms with E-state index in [9.17, 15) is 9.50 Å². The van der Waals surface area contributed by atoms with E-state index in [1.807, 2.05) is 0 Å². The van der Waals surface area contributed by atoms with Crippen molar-refractivity contribution < 1.29 is 15.2 Å². The van der Waals surface area contributed by atoms with Crippen molar-refractivity contribution in [2.45, 2.75) is 50.9 Å². The summed E-state index contributed by atoms with van der Waals surface area (Å²) < 4.78 is 13.6. The van der Waals surface area contributed by atoms with Crippen LogP contribution in [0, 0.1) is 5.82 Å². The van der Waals surface area contributed by atoms with E-state index in [1.165, 1.54) is 25.0 Å². The van der Waals surface area contributed by atoms with Gasteiger partial charge in [-0.2, -0.15) is 0 Å². The number of halogens is 1. The van der Waals surface area contributed by atoms with Gasteiger partial charge in [0.15, 0.2) is 11.5 Å². The summed E-state index contributed by atoms with van der Waals surface area (Å²) in [5, 5.41) is 10.0. The average Bonchev–Trinajstić information content (AvgIpc) is 2.49. The van der Waals surface area contributed by atoms with Crippen molar-refractivity contribution in [3.63, 3.8) is 0 Å². The maximum absolute atomic E-state index is 13.6. The Bertz CT molecular complexity index is 409. The first-order chi connectivity index (χ1) is 8.03. The van der Waals surface area contributed by atoms with Crippen LogP contribution in [0.5, 0.6) is 5.75 Å². The van der Waals surface area contributed by atoms with Crippen LogP contribution in [-0.2, 0) is 5.41 Å². The molecule has 1 saturated carbocycles. The molecule has 1 aliphatic carbocycles. The van der Waals surface area contributed by atoms with Crippen LogP contribution >= 0.6 is 0 Å². The third-order valence-corrected chi connectivity index (χ3v) is 4.02. The smallest absolute Gasteiger partial charge is 0.184 e. The first-order valence-electron chi connectivity index (χ1n) is 6.38. The third-order valence-electron chi connectivity index (χ3n) is 4.02. The topological polar surface area (TPSA) is 47.9 Å². The Morgan fingerprint density at radius 1 is 1.18 bits per heavy atom. The number of phenolic OH excluding ortho intramolecular Hbond substituents is 1. The lowest BCUT2D eigenvalue weighted by molar-refractivity contribution is -0.258. The molecular formula is C14H21FNO+. The van der Waals surface area contributed by atoms with Gasteiger partial charge in [-0.05, 0) is 24.3 Å². The summed E-state index contributed by atoms with van der Waals surface area (Å²) in [6.45, 7) is 2.13. The van der Waals surface area contributed by atoms with Gasteiger partial charge in [0.1, 0.15) is 5.75 Å². The highest BCUT2D eigenvalue weighted by molar-refractivity contribution is 5.47. The fraction of sp³-hybridized carbons (Fsp3) is 0.571. The van der Waals surface area contributed by atoms with Gasteiger partial charge < -0.3 is 10.8 Å². The monoisotopic (exact) mass is 238 g/mol. The maximum Gasteiger partial charge on any atom is 0.184 e. The van der Waals surface area contributed by atoms with Crippen molar-refractivity contribution >= 4 is 5.69 Å². The SMILES string of the molecule is CC1(c2cc(F)c([NH3+])cc2O)CCCCCC1. The van der Waals surface area contributed by atoms with Crippen LogP contribution in [0.2, 0.25) is 0 Å². The van der Waals surface area contributed by atoms with Gasteiger partial charge in [-0.15, -0.1) is 0 Å². The number of hydrogen-bond acceptors (Lipinski definition) is 1. The van der Waals surface area contributed by atoms with Crippen LogP contribution in [0.3, 0.4) is 0 Å². The largest absolute Gasteiger partial charge is 0.507 e. The van der Waals surface area contributed by atoms with Gasteiger partial charge >= 0.3 is 0 Å². The number of phenols is 1. The molecule has 0 radical (unpaired) electrons. The van der Waals surface area contributed by atoms with Crippen LogP contribution in [0.4, 0.5) is 10.1 Å². The van der Waals surface area contributed by atoms with Crippen LogP contribution in [0.1, 0.15) is 51.0 Å². The summed E-state index contributed by atoms with van der Waals surface area (Å²) in [7, 11) is 0. The molecule has 17 heavy (non-hydrogen) atoms. The molecule has 0 amide bonds. The van der Waals surface area contributed by atoms with Crippen molar-refractivity contribution in [1.82, 2.24) is 0 Å². The van der Waals surface area contributed by atoms with Gasteiger partial charge in [-0.1, -0.05) is 32.6 Å². The molecule has 0 unspecified atom stereocenters. The second kappa shape index (κ2) is 4.65. The van der Waals surface area contributed by atoms with E-state index < -0.39 is 0 Å². The van der Waals surface area contributed by atoms with Crippen LogP contribution < -0.4 is 5.73 Å². The van der Waals surface area contributed by atoms with E-state index in [1.54, 1.807) is 0 Å². The molecule has 0 bridgehead atoms. The molecule has 4 N–H and O–H groups in total. The normalized spacial score (nSPS) is 19.9. The molecule has 1 aromatic carbocycles. The lowest BCUT2D eigenvalue weighted by Crippen LogP contribution is -2.41. The van der Waals surface area contributed by atoms with Gasteiger partial charge in [0.2, 0.25) is 0 Å². The van der Waals surface area contributed by atoms with E-state index >= 15 is 0 Å². The minimum atomic E-state index is -0.316. The fourth-order valence-corrected chi connectivity index (χ4v) is 2.87. The van der Waals surface area contributed by atoms with Crippen molar-refractivity contribution in [2.75, 3.05) is 0 Å². The molecular weight excluding hydrogens is 217 g/mol. The second-order valence-corrected chi connectivity index (χ2v) is 5.44. The Labute approximate surface area is 102 Å². The summed E-state index contributed by atoms with van der Waals surface area (Å²) >= 11 is 0. The Morgan fingerprint density at radius 2 is 1.76 bits per heavy atom. The fourth-order valence-electron chi connectivity index (χ4n) is 2.87. The highest BCUT2D eigenvalue weighted by Crippen LogP contribution is 2.42. The van der Waals surface area contributed by atoms with Crippen molar-refractivity contribution in [2.24, 2.45) is 0 Å². The molecule has 0 heterocycles. The standard InChI is InChI=1S/C14H20FNO/c1-14(6-4-2-3-5-7-14)10-8-11(15)12(16)9-13(10)17/h8-9,17H,2-7,16H2,1H3/p+1. The number of benzene rings is 1. The molecule has 0 spiro atoms. The van der Waals surface area contributed by atoms with Gasteiger partial charge in [-0.3, -0.25) is 0 Å². The molecule has 1 aliphatic rings. The molecule has 3 heteroatoms. The Balaban J connectivity index is 2.40. The van der Waals surface area contributed by atoms with E-state index in [4.69, 9.17) is 0 Å².